The highest BCUT2D eigenvalue weighted by Gasteiger charge is 2.24. The van der Waals surface area contributed by atoms with Crippen LogP contribution in [0.5, 0.6) is 11.5 Å². The monoisotopic (exact) mass is 197 g/mol. The zero-order valence-electron chi connectivity index (χ0n) is 8.32. The largest absolute Gasteiger partial charge is 0.508 e. The molecule has 0 spiro atoms. The van der Waals surface area contributed by atoms with Crippen molar-refractivity contribution >= 4 is 0 Å². The van der Waals surface area contributed by atoms with Crippen molar-refractivity contribution in [1.29, 1.82) is 0 Å². The SMILES string of the molecule is COc1ccc(O)cc1C(C)(N)CO. The molecule has 0 aromatic heterocycles. The van der Waals surface area contributed by atoms with Crippen LogP contribution in [-0.2, 0) is 5.54 Å². The summed E-state index contributed by atoms with van der Waals surface area (Å²) in [5.74, 6) is 0.660. The molecule has 0 amide bonds. The first-order valence-electron chi connectivity index (χ1n) is 4.28. The van der Waals surface area contributed by atoms with E-state index in [-0.39, 0.29) is 12.4 Å². The molecule has 4 nitrogen and oxygen atoms in total. The minimum Gasteiger partial charge on any atom is -0.508 e. The first-order chi connectivity index (χ1) is 6.51. The fourth-order valence-electron chi connectivity index (χ4n) is 1.23. The van der Waals surface area contributed by atoms with Gasteiger partial charge in [-0.25, -0.2) is 0 Å². The van der Waals surface area contributed by atoms with Crippen LogP contribution in [0.3, 0.4) is 0 Å². The fourth-order valence-corrected chi connectivity index (χ4v) is 1.23. The number of methoxy groups -OCH3 is 1. The Kier molecular flexibility index (Phi) is 2.98. The third-order valence-corrected chi connectivity index (χ3v) is 2.13. The van der Waals surface area contributed by atoms with Crippen LogP contribution in [0.25, 0.3) is 0 Å². The second-order valence-electron chi connectivity index (χ2n) is 3.46. The standard InChI is InChI=1S/C10H15NO3/c1-10(11,6-12)8-5-7(13)3-4-9(8)14-2/h3-5,12-13H,6,11H2,1-2H3. The normalized spacial score (nSPS) is 14.9. The van der Waals surface area contributed by atoms with Crippen LogP contribution in [0, 0.1) is 0 Å². The average Bonchev–Trinajstić information content (AvgIpc) is 2.18. The smallest absolute Gasteiger partial charge is 0.124 e. The highest BCUT2D eigenvalue weighted by Crippen LogP contribution is 2.30. The summed E-state index contributed by atoms with van der Waals surface area (Å²) < 4.78 is 5.09. The Labute approximate surface area is 82.9 Å². The van der Waals surface area contributed by atoms with Crippen molar-refractivity contribution in [2.24, 2.45) is 5.73 Å². The van der Waals surface area contributed by atoms with Gasteiger partial charge in [0, 0.05) is 5.56 Å². The van der Waals surface area contributed by atoms with Crippen molar-refractivity contribution < 1.29 is 14.9 Å². The van der Waals surface area contributed by atoms with E-state index >= 15 is 0 Å². The number of phenols is 1. The molecule has 4 heteroatoms. The molecule has 1 aromatic rings. The molecule has 14 heavy (non-hydrogen) atoms. The number of benzene rings is 1. The second-order valence-corrected chi connectivity index (χ2v) is 3.46. The van der Waals surface area contributed by atoms with Crippen LogP contribution < -0.4 is 10.5 Å². The molecule has 0 saturated carbocycles. The summed E-state index contributed by atoms with van der Waals surface area (Å²) in [6, 6.07) is 4.62. The van der Waals surface area contributed by atoms with Crippen LogP contribution in [-0.4, -0.2) is 23.9 Å². The number of hydrogen-bond acceptors (Lipinski definition) is 4. The molecule has 78 valence electrons. The van der Waals surface area contributed by atoms with Gasteiger partial charge in [-0.05, 0) is 25.1 Å². The van der Waals surface area contributed by atoms with Crippen LogP contribution >= 0.6 is 0 Å². The van der Waals surface area contributed by atoms with Gasteiger partial charge < -0.3 is 20.7 Å². The van der Waals surface area contributed by atoms with Crippen molar-refractivity contribution in [3.8, 4) is 11.5 Å². The molecule has 0 radical (unpaired) electrons. The molecule has 4 N–H and O–H groups in total. The third kappa shape index (κ3) is 1.97. The molecule has 0 aliphatic carbocycles. The highest BCUT2D eigenvalue weighted by molar-refractivity contribution is 5.43. The van der Waals surface area contributed by atoms with Crippen LogP contribution in [0.1, 0.15) is 12.5 Å². The van der Waals surface area contributed by atoms with Gasteiger partial charge in [-0.2, -0.15) is 0 Å². The molecular formula is C10H15NO3. The van der Waals surface area contributed by atoms with E-state index in [1.807, 2.05) is 0 Å². The van der Waals surface area contributed by atoms with Gasteiger partial charge in [0.15, 0.2) is 0 Å². The van der Waals surface area contributed by atoms with E-state index < -0.39 is 5.54 Å². The highest BCUT2D eigenvalue weighted by atomic mass is 16.5. The quantitative estimate of drug-likeness (QED) is 0.662. The Morgan fingerprint density at radius 3 is 2.64 bits per heavy atom. The number of rotatable bonds is 3. The summed E-state index contributed by atoms with van der Waals surface area (Å²) in [4.78, 5) is 0. The van der Waals surface area contributed by atoms with Gasteiger partial charge in [-0.3, -0.25) is 0 Å². The van der Waals surface area contributed by atoms with Gasteiger partial charge in [0.25, 0.3) is 0 Å². The van der Waals surface area contributed by atoms with Gasteiger partial charge in [-0.15, -0.1) is 0 Å². The maximum absolute atomic E-state index is 9.30. The Hall–Kier alpha value is -1.26. The van der Waals surface area contributed by atoms with Crippen molar-refractivity contribution in [1.82, 2.24) is 0 Å². The summed E-state index contributed by atoms with van der Waals surface area (Å²) in [5.41, 5.74) is 5.51. The summed E-state index contributed by atoms with van der Waals surface area (Å²) >= 11 is 0. The Morgan fingerprint density at radius 2 is 2.14 bits per heavy atom. The molecule has 0 aliphatic heterocycles. The van der Waals surface area contributed by atoms with Crippen molar-refractivity contribution in [3.05, 3.63) is 23.8 Å². The topological polar surface area (TPSA) is 75.7 Å². The number of nitrogens with two attached hydrogens (primary N) is 1. The zero-order valence-corrected chi connectivity index (χ0v) is 8.32. The molecule has 0 saturated heterocycles. The molecule has 0 aliphatic rings. The molecule has 0 fully saturated rings. The van der Waals surface area contributed by atoms with Crippen LogP contribution in [0.2, 0.25) is 0 Å². The Morgan fingerprint density at radius 1 is 1.50 bits per heavy atom. The summed E-state index contributed by atoms with van der Waals surface area (Å²) in [5, 5.41) is 18.4. The molecule has 1 atom stereocenters. The van der Waals surface area contributed by atoms with E-state index in [4.69, 9.17) is 15.6 Å². The molecule has 1 unspecified atom stereocenters. The van der Waals surface area contributed by atoms with Gasteiger partial charge in [-0.1, -0.05) is 0 Å². The van der Waals surface area contributed by atoms with Gasteiger partial charge in [0.2, 0.25) is 0 Å². The number of phenolic OH excluding ortho intramolecular Hbond substituents is 1. The molecule has 1 aromatic carbocycles. The lowest BCUT2D eigenvalue weighted by Crippen LogP contribution is -2.37. The Balaban J connectivity index is 3.23. The summed E-state index contributed by atoms with van der Waals surface area (Å²) in [6.07, 6.45) is 0. The molecule has 0 heterocycles. The lowest BCUT2D eigenvalue weighted by molar-refractivity contribution is 0.206. The number of aliphatic hydroxyl groups excluding tert-OH is 1. The predicted octanol–water partition coefficient (Wildman–Crippen LogP) is 0.567. The third-order valence-electron chi connectivity index (χ3n) is 2.13. The van der Waals surface area contributed by atoms with Gasteiger partial charge >= 0.3 is 0 Å². The second kappa shape index (κ2) is 3.86. The lowest BCUT2D eigenvalue weighted by atomic mass is 9.93. The van der Waals surface area contributed by atoms with Gasteiger partial charge in [0.1, 0.15) is 11.5 Å². The van der Waals surface area contributed by atoms with Gasteiger partial charge in [0.05, 0.1) is 19.3 Å². The minimum absolute atomic E-state index is 0.103. The van der Waals surface area contributed by atoms with E-state index in [1.54, 1.807) is 13.0 Å². The molecular weight excluding hydrogens is 182 g/mol. The van der Waals surface area contributed by atoms with E-state index in [0.717, 1.165) is 0 Å². The first-order valence-corrected chi connectivity index (χ1v) is 4.28. The number of ether oxygens (including phenoxy) is 1. The molecule has 0 bridgehead atoms. The van der Waals surface area contributed by atoms with E-state index in [9.17, 15) is 5.11 Å². The van der Waals surface area contributed by atoms with E-state index in [0.29, 0.717) is 11.3 Å². The maximum Gasteiger partial charge on any atom is 0.124 e. The lowest BCUT2D eigenvalue weighted by Gasteiger charge is -2.24. The average molecular weight is 197 g/mol. The van der Waals surface area contributed by atoms with Crippen molar-refractivity contribution in [3.63, 3.8) is 0 Å². The van der Waals surface area contributed by atoms with Crippen molar-refractivity contribution in [2.45, 2.75) is 12.5 Å². The summed E-state index contributed by atoms with van der Waals surface area (Å²) in [6.45, 7) is 1.46. The van der Waals surface area contributed by atoms with Crippen molar-refractivity contribution in [2.75, 3.05) is 13.7 Å². The number of aromatic hydroxyl groups is 1. The maximum atomic E-state index is 9.30. The van der Waals surface area contributed by atoms with E-state index in [2.05, 4.69) is 0 Å². The van der Waals surface area contributed by atoms with Crippen LogP contribution in [0.4, 0.5) is 0 Å². The zero-order chi connectivity index (χ0) is 10.8. The minimum atomic E-state index is -0.913. The summed E-state index contributed by atoms with van der Waals surface area (Å²) in [7, 11) is 1.52. The molecule has 1 rings (SSSR count). The van der Waals surface area contributed by atoms with E-state index in [1.165, 1.54) is 19.2 Å². The predicted molar refractivity (Wildman–Crippen MR) is 53.3 cm³/mol. The Bertz CT molecular complexity index is 323. The van der Waals surface area contributed by atoms with Crippen LogP contribution in [0.15, 0.2) is 18.2 Å². The first kappa shape index (κ1) is 10.8. The number of hydrogen-bond donors (Lipinski definition) is 3. The fraction of sp³-hybridized carbons (Fsp3) is 0.400. The number of aliphatic hydroxyl groups is 1.